The van der Waals surface area contributed by atoms with E-state index in [2.05, 4.69) is 4.99 Å². The van der Waals surface area contributed by atoms with Crippen molar-refractivity contribution in [1.29, 1.82) is 0 Å². The highest BCUT2D eigenvalue weighted by Crippen LogP contribution is 2.30. The molecule has 0 heterocycles. The molecule has 0 atom stereocenters. The molecule has 16 heavy (non-hydrogen) atoms. The fourth-order valence-electron chi connectivity index (χ4n) is 1.49. The molecule has 0 unspecified atom stereocenters. The van der Waals surface area contributed by atoms with Gasteiger partial charge in [0.05, 0.1) is 5.69 Å². The Morgan fingerprint density at radius 3 is 2.38 bits per heavy atom. The Hall–Kier alpha value is -1.89. The van der Waals surface area contributed by atoms with Crippen molar-refractivity contribution < 1.29 is 4.79 Å². The molecule has 0 aliphatic rings. The standard InChI is InChI=1S/C13H8ClNO/c14-11-7-5-10(6-8-11)12-3-1-2-4-13(12)15-9-16/h1-8H. The van der Waals surface area contributed by atoms with Gasteiger partial charge in [-0.25, -0.2) is 4.79 Å². The Morgan fingerprint density at radius 1 is 1.00 bits per heavy atom. The molecule has 0 aliphatic heterocycles. The molecule has 0 N–H and O–H groups in total. The third-order valence-electron chi connectivity index (χ3n) is 2.23. The zero-order valence-corrected chi connectivity index (χ0v) is 9.11. The molecular formula is C13H8ClNO. The fourth-order valence-corrected chi connectivity index (χ4v) is 1.62. The Bertz CT molecular complexity index is 542. The van der Waals surface area contributed by atoms with Gasteiger partial charge < -0.3 is 0 Å². The highest BCUT2D eigenvalue weighted by molar-refractivity contribution is 6.30. The Balaban J connectivity index is 2.55. The van der Waals surface area contributed by atoms with Gasteiger partial charge >= 0.3 is 0 Å². The largest absolute Gasteiger partial charge is 0.240 e. The normalized spacial score (nSPS) is 9.56. The zero-order valence-electron chi connectivity index (χ0n) is 8.35. The number of isocyanates is 1. The van der Waals surface area contributed by atoms with E-state index in [0.717, 1.165) is 11.1 Å². The molecule has 0 fully saturated rings. The van der Waals surface area contributed by atoms with Crippen LogP contribution < -0.4 is 0 Å². The molecule has 0 aromatic heterocycles. The first kappa shape index (κ1) is 10.6. The van der Waals surface area contributed by atoms with Crippen molar-refractivity contribution in [2.24, 2.45) is 4.99 Å². The van der Waals surface area contributed by atoms with E-state index >= 15 is 0 Å². The molecule has 78 valence electrons. The Kier molecular flexibility index (Phi) is 3.16. The lowest BCUT2D eigenvalue weighted by atomic mass is 10.0. The first-order valence-electron chi connectivity index (χ1n) is 4.74. The minimum Gasteiger partial charge on any atom is -0.211 e. The van der Waals surface area contributed by atoms with Crippen molar-refractivity contribution in [2.45, 2.75) is 0 Å². The third-order valence-corrected chi connectivity index (χ3v) is 2.48. The predicted octanol–water partition coefficient (Wildman–Crippen LogP) is 3.97. The average molecular weight is 230 g/mol. The molecule has 0 bridgehead atoms. The molecule has 3 heteroatoms. The summed E-state index contributed by atoms with van der Waals surface area (Å²) in [5.74, 6) is 0. The van der Waals surface area contributed by atoms with Crippen molar-refractivity contribution in [3.05, 3.63) is 53.6 Å². The second-order valence-corrected chi connectivity index (χ2v) is 3.66. The molecule has 0 saturated heterocycles. The number of nitrogens with zero attached hydrogens (tertiary/aromatic N) is 1. The fraction of sp³-hybridized carbons (Fsp3) is 0. The number of halogens is 1. The summed E-state index contributed by atoms with van der Waals surface area (Å²) < 4.78 is 0. The Morgan fingerprint density at radius 2 is 1.69 bits per heavy atom. The topological polar surface area (TPSA) is 29.4 Å². The smallest absolute Gasteiger partial charge is 0.211 e. The molecule has 2 aromatic carbocycles. The molecular weight excluding hydrogens is 222 g/mol. The van der Waals surface area contributed by atoms with E-state index in [1.165, 1.54) is 0 Å². The number of aliphatic imine (C=N–C) groups is 1. The van der Waals surface area contributed by atoms with Gasteiger partial charge in [0.2, 0.25) is 6.08 Å². The van der Waals surface area contributed by atoms with Crippen LogP contribution in [0.4, 0.5) is 5.69 Å². The van der Waals surface area contributed by atoms with Crippen LogP contribution in [0.25, 0.3) is 11.1 Å². The van der Waals surface area contributed by atoms with Crippen molar-refractivity contribution in [1.82, 2.24) is 0 Å². The number of carbonyl (C=O) groups excluding carboxylic acids is 1. The van der Waals surface area contributed by atoms with Crippen LogP contribution in [0, 0.1) is 0 Å². The van der Waals surface area contributed by atoms with Crippen LogP contribution in [0.3, 0.4) is 0 Å². The summed E-state index contributed by atoms with van der Waals surface area (Å²) in [6.45, 7) is 0. The van der Waals surface area contributed by atoms with Crippen LogP contribution in [-0.4, -0.2) is 6.08 Å². The first-order chi connectivity index (χ1) is 7.81. The van der Waals surface area contributed by atoms with Gasteiger partial charge in [-0.05, 0) is 23.8 Å². The minimum atomic E-state index is 0.611. The second kappa shape index (κ2) is 4.75. The molecule has 0 amide bonds. The average Bonchev–Trinajstić information content (AvgIpc) is 2.32. The van der Waals surface area contributed by atoms with E-state index in [1.807, 2.05) is 30.3 Å². The van der Waals surface area contributed by atoms with E-state index in [4.69, 9.17) is 11.6 Å². The summed E-state index contributed by atoms with van der Waals surface area (Å²) in [5.41, 5.74) is 2.47. The lowest BCUT2D eigenvalue weighted by molar-refractivity contribution is 0.565. The van der Waals surface area contributed by atoms with Crippen molar-refractivity contribution >= 4 is 23.4 Å². The van der Waals surface area contributed by atoms with Gasteiger partial charge in [-0.1, -0.05) is 41.9 Å². The van der Waals surface area contributed by atoms with Gasteiger partial charge in [0.15, 0.2) is 0 Å². The summed E-state index contributed by atoms with van der Waals surface area (Å²) in [4.78, 5) is 14.0. The first-order valence-corrected chi connectivity index (χ1v) is 5.12. The summed E-state index contributed by atoms with van der Waals surface area (Å²) in [6.07, 6.45) is 1.55. The Labute approximate surface area is 98.2 Å². The van der Waals surface area contributed by atoms with E-state index in [9.17, 15) is 4.79 Å². The van der Waals surface area contributed by atoms with Gasteiger partial charge in [0.1, 0.15) is 0 Å². The molecule has 0 aliphatic carbocycles. The summed E-state index contributed by atoms with van der Waals surface area (Å²) in [6, 6.07) is 14.8. The number of hydrogen-bond acceptors (Lipinski definition) is 2. The minimum absolute atomic E-state index is 0.611. The second-order valence-electron chi connectivity index (χ2n) is 3.23. The lowest BCUT2D eigenvalue weighted by Gasteiger charge is -2.04. The van der Waals surface area contributed by atoms with E-state index in [0.29, 0.717) is 10.7 Å². The quantitative estimate of drug-likeness (QED) is 0.566. The number of rotatable bonds is 2. The van der Waals surface area contributed by atoms with Gasteiger partial charge in [-0.3, -0.25) is 0 Å². The van der Waals surface area contributed by atoms with Gasteiger partial charge in [-0.15, -0.1) is 0 Å². The summed E-state index contributed by atoms with van der Waals surface area (Å²) in [7, 11) is 0. The van der Waals surface area contributed by atoms with Gasteiger partial charge in [0.25, 0.3) is 0 Å². The summed E-state index contributed by atoms with van der Waals surface area (Å²) in [5, 5.41) is 0.681. The maximum absolute atomic E-state index is 10.3. The van der Waals surface area contributed by atoms with E-state index in [-0.39, 0.29) is 0 Å². The molecule has 0 spiro atoms. The molecule has 2 rings (SSSR count). The highest BCUT2D eigenvalue weighted by atomic mass is 35.5. The molecule has 2 nitrogen and oxygen atoms in total. The van der Waals surface area contributed by atoms with Crippen LogP contribution in [0.5, 0.6) is 0 Å². The van der Waals surface area contributed by atoms with Crippen molar-refractivity contribution in [3.8, 4) is 11.1 Å². The maximum atomic E-state index is 10.3. The van der Waals surface area contributed by atoms with Gasteiger partial charge in [0, 0.05) is 10.6 Å². The number of benzene rings is 2. The monoisotopic (exact) mass is 229 g/mol. The molecule has 2 aromatic rings. The number of para-hydroxylation sites is 1. The lowest BCUT2D eigenvalue weighted by Crippen LogP contribution is -1.78. The SMILES string of the molecule is O=C=Nc1ccccc1-c1ccc(Cl)cc1. The van der Waals surface area contributed by atoms with Crippen LogP contribution in [-0.2, 0) is 4.79 Å². The molecule has 0 saturated carbocycles. The van der Waals surface area contributed by atoms with Crippen molar-refractivity contribution in [3.63, 3.8) is 0 Å². The van der Waals surface area contributed by atoms with E-state index in [1.54, 1.807) is 24.3 Å². The highest BCUT2D eigenvalue weighted by Gasteiger charge is 2.02. The van der Waals surface area contributed by atoms with Crippen LogP contribution in [0.2, 0.25) is 5.02 Å². The van der Waals surface area contributed by atoms with Crippen LogP contribution in [0.15, 0.2) is 53.5 Å². The maximum Gasteiger partial charge on any atom is 0.240 e. The summed E-state index contributed by atoms with van der Waals surface area (Å²) >= 11 is 5.81. The zero-order chi connectivity index (χ0) is 11.4. The van der Waals surface area contributed by atoms with E-state index < -0.39 is 0 Å². The van der Waals surface area contributed by atoms with Crippen LogP contribution in [0.1, 0.15) is 0 Å². The third kappa shape index (κ3) is 2.19. The van der Waals surface area contributed by atoms with Crippen LogP contribution >= 0.6 is 11.6 Å². The predicted molar refractivity (Wildman–Crippen MR) is 64.7 cm³/mol. The van der Waals surface area contributed by atoms with Crippen molar-refractivity contribution in [2.75, 3.05) is 0 Å². The number of hydrogen-bond donors (Lipinski definition) is 0. The van der Waals surface area contributed by atoms with Gasteiger partial charge in [-0.2, -0.15) is 4.99 Å². The molecule has 0 radical (unpaired) electrons.